The molecule has 3 saturated carbocycles. The fourth-order valence-corrected chi connectivity index (χ4v) is 3.41. The van der Waals surface area contributed by atoms with E-state index in [-0.39, 0.29) is 0 Å². The molecule has 0 aliphatic heterocycles. The first-order valence-electron chi connectivity index (χ1n) is 5.03. The molecule has 0 radical (unpaired) electrons. The van der Waals surface area contributed by atoms with Crippen molar-refractivity contribution in [2.75, 3.05) is 0 Å². The Hall–Kier alpha value is 0. The van der Waals surface area contributed by atoms with E-state index in [0.717, 1.165) is 23.7 Å². The first kappa shape index (κ1) is 7.64. The third kappa shape index (κ3) is 0.816. The third-order valence-electron chi connectivity index (χ3n) is 4.73. The summed E-state index contributed by atoms with van der Waals surface area (Å²) in [5.41, 5.74) is 0.686. The number of fused-ring (bicyclic) bond motifs is 2. The van der Waals surface area contributed by atoms with Gasteiger partial charge < -0.3 is 0 Å². The second kappa shape index (κ2) is 2.02. The van der Waals surface area contributed by atoms with Gasteiger partial charge in [0.25, 0.3) is 0 Å². The summed E-state index contributed by atoms with van der Waals surface area (Å²) in [5.74, 6) is 4.07. The van der Waals surface area contributed by atoms with Crippen molar-refractivity contribution in [2.45, 2.75) is 40.5 Å². The molecule has 0 heterocycles. The van der Waals surface area contributed by atoms with Gasteiger partial charge in [-0.05, 0) is 41.9 Å². The van der Waals surface area contributed by atoms with Crippen LogP contribution in [0.1, 0.15) is 40.5 Å². The summed E-state index contributed by atoms with van der Waals surface area (Å²) >= 11 is 0. The van der Waals surface area contributed by atoms with Gasteiger partial charge in [-0.1, -0.05) is 27.7 Å². The third-order valence-corrected chi connectivity index (χ3v) is 4.73. The van der Waals surface area contributed by atoms with E-state index in [9.17, 15) is 0 Å². The molecule has 3 rings (SSSR count). The quantitative estimate of drug-likeness (QED) is 0.499. The Morgan fingerprint density at radius 3 is 2.09 bits per heavy atom. The predicted molar refractivity (Wildman–Crippen MR) is 48.3 cm³/mol. The van der Waals surface area contributed by atoms with Gasteiger partial charge in [0.05, 0.1) is 0 Å². The zero-order valence-corrected chi connectivity index (χ0v) is 8.22. The molecule has 64 valence electrons. The van der Waals surface area contributed by atoms with Gasteiger partial charge in [0.2, 0.25) is 0 Å². The van der Waals surface area contributed by atoms with Gasteiger partial charge in [0, 0.05) is 0 Å². The van der Waals surface area contributed by atoms with Crippen molar-refractivity contribution in [3.63, 3.8) is 0 Å². The van der Waals surface area contributed by atoms with Gasteiger partial charge in [-0.3, -0.25) is 0 Å². The first-order valence-corrected chi connectivity index (χ1v) is 5.03. The summed E-state index contributed by atoms with van der Waals surface area (Å²) in [4.78, 5) is 0. The molecular weight excluding hydrogens is 132 g/mol. The molecule has 2 bridgehead atoms. The van der Waals surface area contributed by atoms with Crippen molar-refractivity contribution in [1.82, 2.24) is 0 Å². The molecule has 0 aromatic heterocycles. The Kier molecular flexibility index (Phi) is 1.41. The summed E-state index contributed by atoms with van der Waals surface area (Å²) in [5, 5.41) is 0. The van der Waals surface area contributed by atoms with E-state index in [4.69, 9.17) is 0 Å². The van der Waals surface area contributed by atoms with Crippen LogP contribution >= 0.6 is 0 Å². The lowest BCUT2D eigenvalue weighted by Gasteiger charge is -2.61. The monoisotopic (exact) mass is 152 g/mol. The summed E-state index contributed by atoms with van der Waals surface area (Å²) in [6.45, 7) is 9.81. The molecule has 3 fully saturated rings. The highest BCUT2D eigenvalue weighted by Crippen LogP contribution is 2.62. The first-order chi connectivity index (χ1) is 5.03. The zero-order chi connectivity index (χ0) is 8.22. The molecule has 0 amide bonds. The minimum atomic E-state index is 0.686. The molecular formula is C11H20. The maximum absolute atomic E-state index is 2.47. The van der Waals surface area contributed by atoms with Crippen LogP contribution in [0.3, 0.4) is 0 Å². The lowest BCUT2D eigenvalue weighted by molar-refractivity contribution is -0.124. The van der Waals surface area contributed by atoms with Crippen molar-refractivity contribution in [3.05, 3.63) is 0 Å². The molecule has 0 N–H and O–H groups in total. The Morgan fingerprint density at radius 1 is 1.09 bits per heavy atom. The van der Waals surface area contributed by atoms with Crippen LogP contribution in [0.5, 0.6) is 0 Å². The average Bonchev–Trinajstić information content (AvgIpc) is 1.93. The fourth-order valence-electron chi connectivity index (χ4n) is 3.41. The standard InChI is InChI=1S/C11H20/c1-7-5-9-6-10(8(7)2)11(9,3)4/h7-10H,5-6H2,1-4H3/t7?,8-,9?,10-/m0/s1. The number of hydrogen-bond donors (Lipinski definition) is 0. The highest BCUT2D eigenvalue weighted by atomic mass is 14.6. The second-order valence-electron chi connectivity index (χ2n) is 5.43. The van der Waals surface area contributed by atoms with Crippen molar-refractivity contribution in [3.8, 4) is 0 Å². The van der Waals surface area contributed by atoms with Crippen LogP contribution in [0.25, 0.3) is 0 Å². The SMILES string of the molecule is CC1CC2C[C@@H]([C@H]1C)C2(C)C. The summed E-state index contributed by atoms with van der Waals surface area (Å²) in [7, 11) is 0. The van der Waals surface area contributed by atoms with Gasteiger partial charge >= 0.3 is 0 Å². The van der Waals surface area contributed by atoms with Crippen molar-refractivity contribution >= 4 is 0 Å². The van der Waals surface area contributed by atoms with Crippen LogP contribution in [-0.4, -0.2) is 0 Å². The highest BCUT2D eigenvalue weighted by molar-refractivity contribution is 5.03. The molecule has 3 aliphatic rings. The molecule has 0 aromatic carbocycles. The van der Waals surface area contributed by atoms with Crippen molar-refractivity contribution in [2.24, 2.45) is 29.1 Å². The molecule has 0 nitrogen and oxygen atoms in total. The topological polar surface area (TPSA) is 0 Å². The van der Waals surface area contributed by atoms with Gasteiger partial charge in [-0.25, -0.2) is 0 Å². The van der Waals surface area contributed by atoms with Crippen LogP contribution < -0.4 is 0 Å². The normalized spacial score (nSPS) is 53.5. The van der Waals surface area contributed by atoms with E-state index < -0.39 is 0 Å². The molecule has 3 aliphatic carbocycles. The molecule has 0 heteroatoms. The fraction of sp³-hybridized carbons (Fsp3) is 1.00. The Morgan fingerprint density at radius 2 is 1.73 bits per heavy atom. The van der Waals surface area contributed by atoms with Gasteiger partial charge in [0.15, 0.2) is 0 Å². The van der Waals surface area contributed by atoms with Crippen molar-refractivity contribution < 1.29 is 0 Å². The Labute approximate surface area is 70.4 Å². The molecule has 0 aromatic rings. The van der Waals surface area contributed by atoms with E-state index in [1.807, 2.05) is 0 Å². The molecule has 2 unspecified atom stereocenters. The van der Waals surface area contributed by atoms with E-state index in [1.165, 1.54) is 12.8 Å². The van der Waals surface area contributed by atoms with Gasteiger partial charge in [-0.15, -0.1) is 0 Å². The number of hydrogen-bond acceptors (Lipinski definition) is 0. The molecule has 0 saturated heterocycles. The summed E-state index contributed by atoms with van der Waals surface area (Å²) in [6.07, 6.45) is 3.02. The smallest absolute Gasteiger partial charge is 0.0295 e. The Balaban J connectivity index is 2.17. The van der Waals surface area contributed by atoms with Crippen LogP contribution in [0.2, 0.25) is 0 Å². The highest BCUT2D eigenvalue weighted by Gasteiger charge is 2.54. The molecule has 11 heavy (non-hydrogen) atoms. The minimum absolute atomic E-state index is 0.686. The average molecular weight is 152 g/mol. The van der Waals surface area contributed by atoms with Crippen LogP contribution in [-0.2, 0) is 0 Å². The lowest BCUT2D eigenvalue weighted by atomic mass is 9.44. The van der Waals surface area contributed by atoms with E-state index >= 15 is 0 Å². The minimum Gasteiger partial charge on any atom is -0.0622 e. The molecule has 4 atom stereocenters. The van der Waals surface area contributed by atoms with E-state index in [2.05, 4.69) is 27.7 Å². The predicted octanol–water partition coefficient (Wildman–Crippen LogP) is 3.32. The summed E-state index contributed by atoms with van der Waals surface area (Å²) in [6, 6.07) is 0. The lowest BCUT2D eigenvalue weighted by Crippen LogP contribution is -2.54. The number of rotatable bonds is 0. The van der Waals surface area contributed by atoms with Crippen LogP contribution in [0.4, 0.5) is 0 Å². The Bertz CT molecular complexity index is 169. The van der Waals surface area contributed by atoms with Crippen LogP contribution in [0.15, 0.2) is 0 Å². The van der Waals surface area contributed by atoms with E-state index in [0.29, 0.717) is 5.41 Å². The zero-order valence-electron chi connectivity index (χ0n) is 8.22. The van der Waals surface area contributed by atoms with Gasteiger partial charge in [0.1, 0.15) is 0 Å². The largest absolute Gasteiger partial charge is 0.0622 e. The maximum Gasteiger partial charge on any atom is -0.0295 e. The van der Waals surface area contributed by atoms with Crippen LogP contribution in [0, 0.1) is 29.1 Å². The molecule has 0 spiro atoms. The summed E-state index contributed by atoms with van der Waals surface area (Å²) < 4.78 is 0. The van der Waals surface area contributed by atoms with E-state index in [1.54, 1.807) is 0 Å². The van der Waals surface area contributed by atoms with Crippen molar-refractivity contribution in [1.29, 1.82) is 0 Å². The maximum atomic E-state index is 2.47. The second-order valence-corrected chi connectivity index (χ2v) is 5.43. The van der Waals surface area contributed by atoms with Gasteiger partial charge in [-0.2, -0.15) is 0 Å².